The first kappa shape index (κ1) is 14.8. The molecular formula is C17H27N3O. The molecule has 1 fully saturated rings. The Bertz CT molecular complexity index is 481. The number of rotatable bonds is 2. The fourth-order valence-corrected chi connectivity index (χ4v) is 3.73. The van der Waals surface area contributed by atoms with Crippen LogP contribution in [-0.4, -0.2) is 61.7 Å². The Kier molecular flexibility index (Phi) is 4.20. The normalized spacial score (nSPS) is 34.3. The zero-order valence-electron chi connectivity index (χ0n) is 13.5. The van der Waals surface area contributed by atoms with E-state index in [-0.39, 0.29) is 0 Å². The van der Waals surface area contributed by atoms with Gasteiger partial charge in [0.1, 0.15) is 12.4 Å². The molecule has 1 aromatic carbocycles. The third-order valence-electron chi connectivity index (χ3n) is 5.22. The van der Waals surface area contributed by atoms with E-state index in [1.165, 1.54) is 5.56 Å². The van der Waals surface area contributed by atoms with Crippen LogP contribution in [0.3, 0.4) is 0 Å². The average Bonchev–Trinajstić information content (AvgIpc) is 2.51. The lowest BCUT2D eigenvalue weighted by atomic mass is 9.93. The van der Waals surface area contributed by atoms with Crippen molar-refractivity contribution in [3.8, 4) is 5.75 Å². The van der Waals surface area contributed by atoms with Crippen molar-refractivity contribution in [1.82, 2.24) is 15.1 Å². The minimum absolute atomic E-state index is 0.345. The van der Waals surface area contributed by atoms with Gasteiger partial charge in [-0.05, 0) is 34.0 Å². The van der Waals surface area contributed by atoms with Gasteiger partial charge in [0.15, 0.2) is 0 Å². The summed E-state index contributed by atoms with van der Waals surface area (Å²) < 4.78 is 6.02. The molecule has 0 saturated carbocycles. The van der Waals surface area contributed by atoms with Crippen LogP contribution in [0.5, 0.6) is 5.75 Å². The molecule has 0 bridgehead atoms. The molecule has 4 heteroatoms. The van der Waals surface area contributed by atoms with Crippen molar-refractivity contribution in [3.63, 3.8) is 0 Å². The minimum atomic E-state index is 0.345. The monoisotopic (exact) mass is 289 g/mol. The van der Waals surface area contributed by atoms with E-state index in [4.69, 9.17) is 4.74 Å². The van der Waals surface area contributed by atoms with Gasteiger partial charge in [0, 0.05) is 30.7 Å². The number of hydrogen-bond donors (Lipinski definition) is 1. The summed E-state index contributed by atoms with van der Waals surface area (Å²) in [5.41, 5.74) is 1.29. The summed E-state index contributed by atoms with van der Waals surface area (Å²) in [6, 6.07) is 10.3. The highest BCUT2D eigenvalue weighted by Gasteiger charge is 2.38. The third-order valence-corrected chi connectivity index (χ3v) is 5.22. The highest BCUT2D eigenvalue weighted by atomic mass is 16.5. The van der Waals surface area contributed by atoms with E-state index >= 15 is 0 Å². The van der Waals surface area contributed by atoms with Crippen LogP contribution < -0.4 is 10.1 Å². The molecule has 4 nitrogen and oxygen atoms in total. The Hall–Kier alpha value is -1.10. The van der Waals surface area contributed by atoms with Crippen molar-refractivity contribution in [3.05, 3.63) is 29.8 Å². The fraction of sp³-hybridized carbons (Fsp3) is 0.647. The Morgan fingerprint density at radius 3 is 2.48 bits per heavy atom. The second kappa shape index (κ2) is 5.95. The van der Waals surface area contributed by atoms with Crippen molar-refractivity contribution in [1.29, 1.82) is 0 Å². The maximum Gasteiger partial charge on any atom is 0.124 e. The summed E-state index contributed by atoms with van der Waals surface area (Å²) in [6.07, 6.45) is 0. The summed E-state index contributed by atoms with van der Waals surface area (Å²) in [5, 5.41) is 3.51. The number of nitrogens with one attached hydrogen (secondary N) is 1. The molecular weight excluding hydrogens is 262 g/mol. The Morgan fingerprint density at radius 1 is 1.14 bits per heavy atom. The molecule has 1 saturated heterocycles. The molecule has 2 aliphatic rings. The smallest absolute Gasteiger partial charge is 0.124 e. The lowest BCUT2D eigenvalue weighted by molar-refractivity contribution is 0.00162. The van der Waals surface area contributed by atoms with Crippen LogP contribution in [-0.2, 0) is 0 Å². The van der Waals surface area contributed by atoms with E-state index in [1.54, 1.807) is 0 Å². The predicted octanol–water partition coefficient (Wildman–Crippen LogP) is 1.73. The molecule has 2 aliphatic heterocycles. The fourth-order valence-electron chi connectivity index (χ4n) is 3.73. The Balaban J connectivity index is 1.83. The van der Waals surface area contributed by atoms with Crippen molar-refractivity contribution < 1.29 is 4.74 Å². The number of ether oxygens (including phenoxy) is 1. The van der Waals surface area contributed by atoms with E-state index in [1.807, 2.05) is 6.07 Å². The first-order chi connectivity index (χ1) is 10.1. The highest BCUT2D eigenvalue weighted by Crippen LogP contribution is 2.34. The Morgan fingerprint density at radius 2 is 1.81 bits per heavy atom. The first-order valence-electron chi connectivity index (χ1n) is 7.96. The molecule has 3 rings (SSSR count). The molecule has 2 heterocycles. The van der Waals surface area contributed by atoms with Gasteiger partial charge >= 0.3 is 0 Å². The molecule has 0 radical (unpaired) electrons. The lowest BCUT2D eigenvalue weighted by Crippen LogP contribution is -2.61. The molecule has 0 aliphatic carbocycles. The molecule has 0 aromatic heterocycles. The van der Waals surface area contributed by atoms with Gasteiger partial charge in [0.05, 0.1) is 12.1 Å². The van der Waals surface area contributed by atoms with Crippen LogP contribution in [0.15, 0.2) is 24.3 Å². The van der Waals surface area contributed by atoms with Gasteiger partial charge in [-0.25, -0.2) is 0 Å². The zero-order valence-corrected chi connectivity index (χ0v) is 13.5. The first-order valence-corrected chi connectivity index (χ1v) is 7.96. The maximum atomic E-state index is 6.02. The second-order valence-corrected chi connectivity index (χ2v) is 6.50. The molecule has 21 heavy (non-hydrogen) atoms. The van der Waals surface area contributed by atoms with Crippen LogP contribution in [0.1, 0.15) is 25.5 Å². The summed E-state index contributed by atoms with van der Waals surface area (Å²) in [5.74, 6) is 1.03. The van der Waals surface area contributed by atoms with E-state index in [0.29, 0.717) is 24.2 Å². The topological polar surface area (TPSA) is 27.7 Å². The number of fused-ring (bicyclic) bond motifs is 1. The summed E-state index contributed by atoms with van der Waals surface area (Å²) >= 11 is 0. The van der Waals surface area contributed by atoms with Crippen molar-refractivity contribution in [2.45, 2.75) is 38.0 Å². The van der Waals surface area contributed by atoms with Crippen molar-refractivity contribution in [2.75, 3.05) is 33.8 Å². The second-order valence-electron chi connectivity index (χ2n) is 6.50. The number of piperazine rings is 1. The largest absolute Gasteiger partial charge is 0.492 e. The molecule has 4 atom stereocenters. The van der Waals surface area contributed by atoms with Crippen LogP contribution in [0, 0.1) is 0 Å². The number of hydrogen-bond acceptors (Lipinski definition) is 4. The predicted molar refractivity (Wildman–Crippen MR) is 85.8 cm³/mol. The van der Waals surface area contributed by atoms with E-state index < -0.39 is 0 Å². The SMILES string of the molecule is CNC1c2ccccc2OCC1N1CC(C)N(C)C(C)C1. The minimum Gasteiger partial charge on any atom is -0.492 e. The van der Waals surface area contributed by atoms with Crippen LogP contribution >= 0.6 is 0 Å². The molecule has 4 unspecified atom stereocenters. The van der Waals surface area contributed by atoms with Gasteiger partial charge in [-0.3, -0.25) is 9.80 Å². The molecule has 1 N–H and O–H groups in total. The Labute approximate surface area is 128 Å². The average molecular weight is 289 g/mol. The summed E-state index contributed by atoms with van der Waals surface area (Å²) in [4.78, 5) is 5.08. The summed E-state index contributed by atoms with van der Waals surface area (Å²) in [6.45, 7) is 7.61. The number of likely N-dealkylation sites (N-methyl/N-ethyl adjacent to an activating group) is 2. The number of benzene rings is 1. The van der Waals surface area contributed by atoms with Gasteiger partial charge in [-0.2, -0.15) is 0 Å². The quantitative estimate of drug-likeness (QED) is 0.897. The molecule has 116 valence electrons. The van der Waals surface area contributed by atoms with Gasteiger partial charge < -0.3 is 10.1 Å². The van der Waals surface area contributed by atoms with E-state index in [0.717, 1.165) is 25.4 Å². The highest BCUT2D eigenvalue weighted by molar-refractivity contribution is 5.38. The standard InChI is InChI=1S/C17H27N3O/c1-12-9-20(10-13(2)19(12)4)15-11-21-16-8-6-5-7-14(16)17(15)18-3/h5-8,12-13,15,17-18H,9-11H2,1-4H3. The molecule has 0 amide bonds. The van der Waals surface area contributed by atoms with Gasteiger partial charge in [-0.1, -0.05) is 18.2 Å². The van der Waals surface area contributed by atoms with Crippen LogP contribution in [0.25, 0.3) is 0 Å². The number of nitrogens with zero attached hydrogens (tertiary/aromatic N) is 2. The van der Waals surface area contributed by atoms with Crippen molar-refractivity contribution in [2.24, 2.45) is 0 Å². The molecule has 0 spiro atoms. The van der Waals surface area contributed by atoms with Gasteiger partial charge in [0.2, 0.25) is 0 Å². The zero-order chi connectivity index (χ0) is 15.0. The third kappa shape index (κ3) is 2.68. The van der Waals surface area contributed by atoms with Crippen LogP contribution in [0.4, 0.5) is 0 Å². The number of para-hydroxylation sites is 1. The molecule has 1 aromatic rings. The summed E-state index contributed by atoms with van der Waals surface area (Å²) in [7, 11) is 4.29. The lowest BCUT2D eigenvalue weighted by Gasteiger charge is -2.48. The van der Waals surface area contributed by atoms with Gasteiger partial charge in [0.25, 0.3) is 0 Å². The maximum absolute atomic E-state index is 6.02. The van der Waals surface area contributed by atoms with Gasteiger partial charge in [-0.15, -0.1) is 0 Å². The van der Waals surface area contributed by atoms with E-state index in [9.17, 15) is 0 Å². The van der Waals surface area contributed by atoms with Crippen LogP contribution in [0.2, 0.25) is 0 Å². The van der Waals surface area contributed by atoms with Crippen molar-refractivity contribution >= 4 is 0 Å². The van der Waals surface area contributed by atoms with E-state index in [2.05, 4.69) is 61.3 Å².